The zero-order valence-corrected chi connectivity index (χ0v) is 8.78. The lowest BCUT2D eigenvalue weighted by molar-refractivity contribution is 0.0980. The van der Waals surface area contributed by atoms with Crippen LogP contribution in [0.4, 0.5) is 0 Å². The molecule has 0 aromatic rings. The summed E-state index contributed by atoms with van der Waals surface area (Å²) in [5.41, 5.74) is 5.73. The summed E-state index contributed by atoms with van der Waals surface area (Å²) in [6.07, 6.45) is 0.161. The standard InChI is InChI=1S/C8H16N2O3S/c9-6-1-2-10(3-6)7-4-14(12,13)5-8(7)11/h6-8,11H,1-5,9H2. The maximum atomic E-state index is 11.3. The Morgan fingerprint density at radius 2 is 2.07 bits per heavy atom. The van der Waals surface area contributed by atoms with Crippen LogP contribution in [0.25, 0.3) is 0 Å². The van der Waals surface area contributed by atoms with Gasteiger partial charge in [-0.15, -0.1) is 0 Å². The second-order valence-electron chi connectivity index (χ2n) is 4.26. The summed E-state index contributed by atoms with van der Waals surface area (Å²) in [6, 6.07) is -0.0981. The third-order valence-electron chi connectivity index (χ3n) is 3.02. The minimum Gasteiger partial charge on any atom is -0.390 e. The smallest absolute Gasteiger partial charge is 0.154 e. The highest BCUT2D eigenvalue weighted by Crippen LogP contribution is 2.21. The number of hydrogen-bond acceptors (Lipinski definition) is 5. The van der Waals surface area contributed by atoms with E-state index in [1.54, 1.807) is 0 Å². The Bertz CT molecular complexity index is 317. The predicted octanol–water partition coefficient (Wildman–Crippen LogP) is -1.82. The van der Waals surface area contributed by atoms with Crippen molar-refractivity contribution >= 4 is 9.84 Å². The molecular formula is C8H16N2O3S. The molecule has 82 valence electrons. The van der Waals surface area contributed by atoms with Crippen molar-refractivity contribution in [3.05, 3.63) is 0 Å². The van der Waals surface area contributed by atoms with Crippen molar-refractivity contribution in [2.24, 2.45) is 5.73 Å². The lowest BCUT2D eigenvalue weighted by Gasteiger charge is -2.24. The van der Waals surface area contributed by atoms with Crippen LogP contribution in [0.5, 0.6) is 0 Å². The van der Waals surface area contributed by atoms with Crippen LogP contribution in [0.3, 0.4) is 0 Å². The van der Waals surface area contributed by atoms with E-state index < -0.39 is 15.9 Å². The van der Waals surface area contributed by atoms with Gasteiger partial charge in [-0.1, -0.05) is 0 Å². The van der Waals surface area contributed by atoms with Gasteiger partial charge in [-0.2, -0.15) is 0 Å². The molecule has 0 amide bonds. The third kappa shape index (κ3) is 1.93. The van der Waals surface area contributed by atoms with E-state index in [1.165, 1.54) is 0 Å². The summed E-state index contributed by atoms with van der Waals surface area (Å²) in [4.78, 5) is 2.00. The van der Waals surface area contributed by atoms with Crippen LogP contribution >= 0.6 is 0 Å². The highest BCUT2D eigenvalue weighted by Gasteiger charge is 2.41. The van der Waals surface area contributed by atoms with Crippen molar-refractivity contribution in [2.75, 3.05) is 24.6 Å². The van der Waals surface area contributed by atoms with Gasteiger partial charge in [0.05, 0.1) is 23.7 Å². The van der Waals surface area contributed by atoms with Crippen molar-refractivity contribution in [1.82, 2.24) is 4.90 Å². The van der Waals surface area contributed by atoms with Gasteiger partial charge >= 0.3 is 0 Å². The predicted molar refractivity (Wildman–Crippen MR) is 52.6 cm³/mol. The molecule has 3 N–H and O–H groups in total. The summed E-state index contributed by atoms with van der Waals surface area (Å²) in [5.74, 6) is -0.00963. The number of sulfone groups is 1. The number of rotatable bonds is 1. The molecule has 3 unspecified atom stereocenters. The molecule has 6 heteroatoms. The molecule has 0 aromatic carbocycles. The highest BCUT2D eigenvalue weighted by atomic mass is 32.2. The molecule has 0 radical (unpaired) electrons. The van der Waals surface area contributed by atoms with Gasteiger partial charge in [-0.25, -0.2) is 8.42 Å². The van der Waals surface area contributed by atoms with Gasteiger partial charge in [0.15, 0.2) is 9.84 Å². The van der Waals surface area contributed by atoms with Crippen LogP contribution in [-0.4, -0.2) is 61.2 Å². The van der Waals surface area contributed by atoms with E-state index in [4.69, 9.17) is 5.73 Å². The average molecular weight is 220 g/mol. The van der Waals surface area contributed by atoms with Gasteiger partial charge in [-0.3, -0.25) is 4.90 Å². The van der Waals surface area contributed by atoms with E-state index in [9.17, 15) is 13.5 Å². The molecule has 3 atom stereocenters. The SMILES string of the molecule is NC1CCN(C2CS(=O)(=O)CC2O)C1. The Balaban J connectivity index is 2.06. The Hall–Kier alpha value is -0.170. The molecule has 0 aromatic heterocycles. The van der Waals surface area contributed by atoms with Gasteiger partial charge in [0.2, 0.25) is 0 Å². The summed E-state index contributed by atoms with van der Waals surface area (Å²) in [6.45, 7) is 1.51. The van der Waals surface area contributed by atoms with E-state index >= 15 is 0 Å². The molecule has 0 bridgehead atoms. The normalized spacial score (nSPS) is 43.1. The number of hydrogen-bond donors (Lipinski definition) is 2. The number of likely N-dealkylation sites (tertiary alicyclic amines) is 1. The second-order valence-corrected chi connectivity index (χ2v) is 6.41. The molecule has 2 heterocycles. The molecule has 2 fully saturated rings. The molecular weight excluding hydrogens is 204 g/mol. The topological polar surface area (TPSA) is 83.6 Å². The monoisotopic (exact) mass is 220 g/mol. The van der Waals surface area contributed by atoms with Gasteiger partial charge in [0, 0.05) is 19.1 Å². The Morgan fingerprint density at radius 3 is 2.50 bits per heavy atom. The molecule has 2 rings (SSSR count). The van der Waals surface area contributed by atoms with Crippen LogP contribution in [0.15, 0.2) is 0 Å². The van der Waals surface area contributed by atoms with Crippen molar-refractivity contribution < 1.29 is 13.5 Å². The Morgan fingerprint density at radius 1 is 1.36 bits per heavy atom. The van der Waals surface area contributed by atoms with E-state index in [2.05, 4.69) is 0 Å². The fourth-order valence-electron chi connectivity index (χ4n) is 2.28. The van der Waals surface area contributed by atoms with Crippen LogP contribution in [0, 0.1) is 0 Å². The van der Waals surface area contributed by atoms with E-state index in [0.29, 0.717) is 6.54 Å². The maximum Gasteiger partial charge on any atom is 0.154 e. The Labute approximate surface area is 83.8 Å². The lowest BCUT2D eigenvalue weighted by atomic mass is 10.2. The van der Waals surface area contributed by atoms with Crippen molar-refractivity contribution in [3.8, 4) is 0 Å². The van der Waals surface area contributed by atoms with Gasteiger partial charge in [0.1, 0.15) is 0 Å². The first-order chi connectivity index (χ1) is 6.48. The van der Waals surface area contributed by atoms with Gasteiger partial charge < -0.3 is 10.8 Å². The van der Waals surface area contributed by atoms with Gasteiger partial charge in [-0.05, 0) is 6.42 Å². The number of aliphatic hydroxyl groups excluding tert-OH is 1. The van der Waals surface area contributed by atoms with Crippen molar-refractivity contribution in [3.63, 3.8) is 0 Å². The number of nitrogens with two attached hydrogens (primary N) is 1. The molecule has 14 heavy (non-hydrogen) atoms. The van der Waals surface area contributed by atoms with Crippen LogP contribution in [-0.2, 0) is 9.84 Å². The van der Waals surface area contributed by atoms with Gasteiger partial charge in [0.25, 0.3) is 0 Å². The average Bonchev–Trinajstić information content (AvgIpc) is 2.55. The molecule has 2 saturated heterocycles. The van der Waals surface area contributed by atoms with Crippen LogP contribution in [0.1, 0.15) is 6.42 Å². The largest absolute Gasteiger partial charge is 0.390 e. The fraction of sp³-hybridized carbons (Fsp3) is 1.00. The van der Waals surface area contributed by atoms with E-state index in [1.807, 2.05) is 4.90 Å². The summed E-state index contributed by atoms with van der Waals surface area (Å²) >= 11 is 0. The quantitative estimate of drug-likeness (QED) is 0.543. The fourth-order valence-corrected chi connectivity index (χ4v) is 4.11. The zero-order valence-electron chi connectivity index (χ0n) is 7.96. The molecule has 5 nitrogen and oxygen atoms in total. The minimum absolute atomic E-state index is 0.0842. The maximum absolute atomic E-state index is 11.3. The zero-order chi connectivity index (χ0) is 10.3. The van der Waals surface area contributed by atoms with Crippen LogP contribution in [0.2, 0.25) is 0 Å². The summed E-state index contributed by atoms with van der Waals surface area (Å²) < 4.78 is 22.5. The summed E-state index contributed by atoms with van der Waals surface area (Å²) in [5, 5.41) is 9.61. The van der Waals surface area contributed by atoms with E-state index in [0.717, 1.165) is 13.0 Å². The lowest BCUT2D eigenvalue weighted by Crippen LogP contribution is -2.42. The van der Waals surface area contributed by atoms with Crippen molar-refractivity contribution in [2.45, 2.75) is 24.6 Å². The minimum atomic E-state index is -3.03. The first-order valence-electron chi connectivity index (χ1n) is 4.86. The van der Waals surface area contributed by atoms with Crippen molar-refractivity contribution in [1.29, 1.82) is 0 Å². The van der Waals surface area contributed by atoms with Crippen LogP contribution < -0.4 is 5.73 Å². The van der Waals surface area contributed by atoms with E-state index in [-0.39, 0.29) is 23.6 Å². The molecule has 0 aliphatic carbocycles. The molecule has 2 aliphatic rings. The third-order valence-corrected chi connectivity index (χ3v) is 4.72. The first-order valence-corrected chi connectivity index (χ1v) is 6.68. The number of nitrogens with zero attached hydrogens (tertiary/aromatic N) is 1. The molecule has 0 saturated carbocycles. The second kappa shape index (κ2) is 3.44. The summed E-state index contributed by atoms with van der Waals surface area (Å²) in [7, 11) is -3.03. The first kappa shape index (κ1) is 10.4. The molecule has 2 aliphatic heterocycles. The Kier molecular flexibility index (Phi) is 2.55. The highest BCUT2D eigenvalue weighted by molar-refractivity contribution is 7.91. The molecule has 0 spiro atoms. The number of aliphatic hydroxyl groups is 1.